The first kappa shape index (κ1) is 17.3. The van der Waals surface area contributed by atoms with Crippen LogP contribution >= 0.6 is 0 Å². The summed E-state index contributed by atoms with van der Waals surface area (Å²) in [5, 5.41) is 11.0. The lowest BCUT2D eigenvalue weighted by atomic mass is 10.2. The number of aliphatic carboxylic acids is 1. The molecule has 19 heavy (non-hydrogen) atoms. The highest BCUT2D eigenvalue weighted by atomic mass is 16.5. The van der Waals surface area contributed by atoms with E-state index in [9.17, 15) is 14.4 Å². The van der Waals surface area contributed by atoms with Crippen LogP contribution in [0.2, 0.25) is 0 Å². The van der Waals surface area contributed by atoms with Gasteiger partial charge in [-0.25, -0.2) is 0 Å². The summed E-state index contributed by atoms with van der Waals surface area (Å²) in [6.07, 6.45) is -0.244. The molecule has 2 atom stereocenters. The van der Waals surface area contributed by atoms with Gasteiger partial charge in [0.05, 0.1) is 25.1 Å². The van der Waals surface area contributed by atoms with E-state index in [-0.39, 0.29) is 19.6 Å². The Hall–Kier alpha value is -1.67. The third kappa shape index (κ3) is 8.11. The normalized spacial score (nSPS) is 13.4. The molecule has 0 heterocycles. The molecule has 0 aliphatic heterocycles. The molecule has 1 amide bonds. The number of amides is 1. The van der Waals surface area contributed by atoms with Crippen molar-refractivity contribution >= 4 is 17.8 Å². The smallest absolute Gasteiger partial charge is 0.305 e. The van der Waals surface area contributed by atoms with E-state index < -0.39 is 36.4 Å². The molecule has 0 fully saturated rings. The zero-order valence-corrected chi connectivity index (χ0v) is 11.0. The SMILES string of the molecule is CCC(=O)OC[C@H](COC)NC(=O)[C@H](N)CC(=O)O. The molecule has 0 aromatic carbocycles. The Morgan fingerprint density at radius 2 is 1.95 bits per heavy atom. The van der Waals surface area contributed by atoms with E-state index in [1.54, 1.807) is 6.92 Å². The Labute approximate surface area is 111 Å². The average molecular weight is 276 g/mol. The van der Waals surface area contributed by atoms with Gasteiger partial charge in [0.1, 0.15) is 6.61 Å². The van der Waals surface area contributed by atoms with Crippen molar-refractivity contribution in [3.05, 3.63) is 0 Å². The van der Waals surface area contributed by atoms with Crippen molar-refractivity contribution < 1.29 is 29.0 Å². The third-order valence-electron chi connectivity index (χ3n) is 2.18. The Bertz CT molecular complexity index is 320. The molecule has 110 valence electrons. The first-order chi connectivity index (χ1) is 8.90. The number of hydrogen-bond acceptors (Lipinski definition) is 6. The molecule has 0 saturated carbocycles. The Morgan fingerprint density at radius 1 is 1.32 bits per heavy atom. The summed E-state index contributed by atoms with van der Waals surface area (Å²) in [6, 6.07) is -1.72. The van der Waals surface area contributed by atoms with E-state index in [4.69, 9.17) is 20.3 Å². The van der Waals surface area contributed by atoms with Crippen LogP contribution in [-0.2, 0) is 23.9 Å². The summed E-state index contributed by atoms with van der Waals surface area (Å²) >= 11 is 0. The zero-order valence-electron chi connectivity index (χ0n) is 11.0. The summed E-state index contributed by atoms with van der Waals surface area (Å²) in [4.78, 5) is 33.0. The molecular formula is C11H20N2O6. The fourth-order valence-electron chi connectivity index (χ4n) is 1.22. The van der Waals surface area contributed by atoms with E-state index in [0.717, 1.165) is 0 Å². The van der Waals surface area contributed by atoms with Crippen LogP contribution in [0.4, 0.5) is 0 Å². The van der Waals surface area contributed by atoms with Gasteiger partial charge in [-0.05, 0) is 0 Å². The van der Waals surface area contributed by atoms with E-state index in [1.165, 1.54) is 7.11 Å². The van der Waals surface area contributed by atoms with Crippen molar-refractivity contribution in [1.29, 1.82) is 0 Å². The molecule has 8 nitrogen and oxygen atoms in total. The lowest BCUT2D eigenvalue weighted by Gasteiger charge is -2.19. The van der Waals surface area contributed by atoms with Crippen LogP contribution in [0.25, 0.3) is 0 Å². The molecule has 8 heteroatoms. The Kier molecular flexibility index (Phi) is 8.47. The van der Waals surface area contributed by atoms with Gasteiger partial charge in [0.15, 0.2) is 0 Å². The van der Waals surface area contributed by atoms with E-state index >= 15 is 0 Å². The van der Waals surface area contributed by atoms with Gasteiger partial charge in [-0.15, -0.1) is 0 Å². The van der Waals surface area contributed by atoms with E-state index in [1.807, 2.05) is 0 Å². The van der Waals surface area contributed by atoms with Crippen molar-refractivity contribution in [3.8, 4) is 0 Å². The van der Waals surface area contributed by atoms with E-state index in [0.29, 0.717) is 0 Å². The fourth-order valence-corrected chi connectivity index (χ4v) is 1.22. The number of carbonyl (C=O) groups is 3. The predicted molar refractivity (Wildman–Crippen MR) is 65.3 cm³/mol. The molecular weight excluding hydrogens is 256 g/mol. The number of carboxylic acids is 1. The molecule has 0 spiro atoms. The Morgan fingerprint density at radius 3 is 2.42 bits per heavy atom. The third-order valence-corrected chi connectivity index (χ3v) is 2.18. The van der Waals surface area contributed by atoms with Gasteiger partial charge in [-0.1, -0.05) is 6.92 Å². The minimum atomic E-state index is -1.16. The van der Waals surface area contributed by atoms with Gasteiger partial charge in [0.2, 0.25) is 5.91 Å². The largest absolute Gasteiger partial charge is 0.481 e. The summed E-state index contributed by atoms with van der Waals surface area (Å²) in [5.74, 6) is -2.19. The number of carboxylic acid groups (broad SMARTS) is 1. The molecule has 4 N–H and O–H groups in total. The molecule has 0 aliphatic rings. The number of nitrogens with one attached hydrogen (secondary N) is 1. The molecule has 0 radical (unpaired) electrons. The predicted octanol–water partition coefficient (Wildman–Crippen LogP) is -1.13. The van der Waals surface area contributed by atoms with Crippen LogP contribution in [0.3, 0.4) is 0 Å². The monoisotopic (exact) mass is 276 g/mol. The highest BCUT2D eigenvalue weighted by Gasteiger charge is 2.21. The minimum Gasteiger partial charge on any atom is -0.481 e. The van der Waals surface area contributed by atoms with Gasteiger partial charge in [0.25, 0.3) is 0 Å². The number of rotatable bonds is 9. The number of ether oxygens (including phenoxy) is 2. The molecule has 0 saturated heterocycles. The van der Waals surface area contributed by atoms with Crippen molar-refractivity contribution in [3.63, 3.8) is 0 Å². The summed E-state index contributed by atoms with van der Waals surface area (Å²) in [5.41, 5.74) is 5.40. The molecule has 0 aliphatic carbocycles. The zero-order chi connectivity index (χ0) is 14.8. The van der Waals surface area contributed by atoms with Crippen molar-refractivity contribution in [2.24, 2.45) is 5.73 Å². The Balaban J connectivity index is 4.27. The van der Waals surface area contributed by atoms with Crippen LogP contribution in [0.5, 0.6) is 0 Å². The number of nitrogens with two attached hydrogens (primary N) is 1. The van der Waals surface area contributed by atoms with Crippen LogP contribution in [0, 0.1) is 0 Å². The van der Waals surface area contributed by atoms with Crippen molar-refractivity contribution in [2.45, 2.75) is 31.8 Å². The maximum Gasteiger partial charge on any atom is 0.305 e. The maximum atomic E-state index is 11.6. The topological polar surface area (TPSA) is 128 Å². The van der Waals surface area contributed by atoms with Gasteiger partial charge in [0, 0.05) is 13.5 Å². The van der Waals surface area contributed by atoms with Gasteiger partial charge in [-0.3, -0.25) is 14.4 Å². The molecule has 0 aromatic rings. The second-order valence-electron chi connectivity index (χ2n) is 3.90. The average Bonchev–Trinajstić information content (AvgIpc) is 2.34. The second kappa shape index (κ2) is 9.29. The first-order valence-electron chi connectivity index (χ1n) is 5.83. The van der Waals surface area contributed by atoms with Crippen LogP contribution in [0.1, 0.15) is 19.8 Å². The quantitative estimate of drug-likeness (QED) is 0.455. The molecule has 0 unspecified atom stereocenters. The second-order valence-corrected chi connectivity index (χ2v) is 3.90. The van der Waals surface area contributed by atoms with Crippen LogP contribution in [0.15, 0.2) is 0 Å². The highest BCUT2D eigenvalue weighted by molar-refractivity contribution is 5.86. The summed E-state index contributed by atoms with van der Waals surface area (Å²) in [6.45, 7) is 1.73. The van der Waals surface area contributed by atoms with Gasteiger partial charge in [-0.2, -0.15) is 0 Å². The maximum absolute atomic E-state index is 11.6. The lowest BCUT2D eigenvalue weighted by molar-refractivity contribution is -0.145. The van der Waals surface area contributed by atoms with Crippen LogP contribution in [-0.4, -0.2) is 55.4 Å². The summed E-state index contributed by atoms with van der Waals surface area (Å²) in [7, 11) is 1.43. The number of carbonyl (C=O) groups excluding carboxylic acids is 2. The first-order valence-corrected chi connectivity index (χ1v) is 5.83. The number of hydrogen-bond donors (Lipinski definition) is 3. The van der Waals surface area contributed by atoms with Gasteiger partial charge < -0.3 is 25.6 Å². The number of methoxy groups -OCH3 is 1. The highest BCUT2D eigenvalue weighted by Crippen LogP contribution is 1.94. The molecule has 0 bridgehead atoms. The molecule has 0 aromatic heterocycles. The van der Waals surface area contributed by atoms with Crippen molar-refractivity contribution in [1.82, 2.24) is 5.32 Å². The van der Waals surface area contributed by atoms with Gasteiger partial charge >= 0.3 is 11.9 Å². The standard InChI is InChI=1S/C11H20N2O6/c1-3-10(16)19-6-7(5-18-2)13-11(17)8(12)4-9(14)15/h7-8H,3-6,12H2,1-2H3,(H,13,17)(H,14,15)/t7-,8+/m0/s1. The van der Waals surface area contributed by atoms with Crippen molar-refractivity contribution in [2.75, 3.05) is 20.3 Å². The number of esters is 1. The summed E-state index contributed by atoms with van der Waals surface area (Å²) < 4.78 is 9.75. The molecule has 0 rings (SSSR count). The lowest BCUT2D eigenvalue weighted by Crippen LogP contribution is -2.49. The minimum absolute atomic E-state index is 0.0496. The fraction of sp³-hybridized carbons (Fsp3) is 0.727. The van der Waals surface area contributed by atoms with E-state index in [2.05, 4.69) is 5.32 Å². The van der Waals surface area contributed by atoms with Crippen LogP contribution < -0.4 is 11.1 Å².